The van der Waals surface area contributed by atoms with Crippen LogP contribution in [0.25, 0.3) is 0 Å². The van der Waals surface area contributed by atoms with Crippen LogP contribution in [0.15, 0.2) is 29.3 Å². The Morgan fingerprint density at radius 3 is 2.64 bits per heavy atom. The average molecular weight is 361 g/mol. The van der Waals surface area contributed by atoms with E-state index in [1.54, 1.807) is 18.4 Å². The van der Waals surface area contributed by atoms with Gasteiger partial charge < -0.3 is 15.4 Å². The highest BCUT2D eigenvalue weighted by Crippen LogP contribution is 2.17. The van der Waals surface area contributed by atoms with Crippen molar-refractivity contribution in [3.63, 3.8) is 0 Å². The number of rotatable bonds is 7. The lowest BCUT2D eigenvalue weighted by Crippen LogP contribution is -2.42. The molecule has 136 valence electrons. The fraction of sp³-hybridized carbons (Fsp3) is 0.474. The van der Waals surface area contributed by atoms with E-state index in [2.05, 4.69) is 47.4 Å². The molecule has 6 heteroatoms. The molecule has 1 aromatic heterocycles. The zero-order chi connectivity index (χ0) is 18.2. The highest BCUT2D eigenvalue weighted by Gasteiger charge is 2.08. The molecule has 0 spiro atoms. The number of guanidine groups is 1. The van der Waals surface area contributed by atoms with E-state index >= 15 is 0 Å². The van der Waals surface area contributed by atoms with Crippen LogP contribution in [-0.4, -0.2) is 37.2 Å². The van der Waals surface area contributed by atoms with Crippen LogP contribution in [0, 0.1) is 20.8 Å². The lowest BCUT2D eigenvalue weighted by molar-refractivity contribution is 0.222. The number of para-hydroxylation sites is 1. The molecule has 5 nitrogen and oxygen atoms in total. The maximum absolute atomic E-state index is 5.98. The van der Waals surface area contributed by atoms with Crippen molar-refractivity contribution in [1.82, 2.24) is 15.6 Å². The molecule has 2 rings (SSSR count). The van der Waals surface area contributed by atoms with E-state index in [0.29, 0.717) is 6.54 Å². The van der Waals surface area contributed by atoms with Crippen molar-refractivity contribution in [2.75, 3.05) is 20.1 Å². The molecule has 1 atom stereocenters. The quantitative estimate of drug-likeness (QED) is 0.588. The highest BCUT2D eigenvalue weighted by molar-refractivity contribution is 7.11. The monoisotopic (exact) mass is 360 g/mol. The van der Waals surface area contributed by atoms with Gasteiger partial charge in [0.25, 0.3) is 0 Å². The first-order valence-corrected chi connectivity index (χ1v) is 9.41. The zero-order valence-electron chi connectivity index (χ0n) is 15.7. The van der Waals surface area contributed by atoms with Gasteiger partial charge in [0, 0.05) is 24.9 Å². The third-order valence-electron chi connectivity index (χ3n) is 3.91. The minimum Gasteiger partial charge on any atom is -0.489 e. The van der Waals surface area contributed by atoms with Gasteiger partial charge >= 0.3 is 0 Å². The first-order chi connectivity index (χ1) is 12.0. The summed E-state index contributed by atoms with van der Waals surface area (Å²) in [5, 5.41) is 7.80. The second-order valence-corrected chi connectivity index (χ2v) is 7.36. The maximum atomic E-state index is 5.98. The van der Waals surface area contributed by atoms with E-state index in [0.717, 1.165) is 40.9 Å². The van der Waals surface area contributed by atoms with Crippen molar-refractivity contribution in [3.05, 3.63) is 45.4 Å². The van der Waals surface area contributed by atoms with Crippen LogP contribution in [-0.2, 0) is 6.42 Å². The van der Waals surface area contributed by atoms with Crippen molar-refractivity contribution in [2.45, 2.75) is 40.2 Å². The molecule has 0 radical (unpaired) electrons. The Labute approximate surface area is 154 Å². The number of aryl methyl sites for hydroxylation is 3. The third-order valence-corrected chi connectivity index (χ3v) is 5.04. The molecule has 0 amide bonds. The van der Waals surface area contributed by atoms with E-state index in [1.807, 2.05) is 25.1 Å². The molecule has 25 heavy (non-hydrogen) atoms. The number of hydrogen-bond donors (Lipinski definition) is 2. The predicted molar refractivity (Wildman–Crippen MR) is 106 cm³/mol. The second kappa shape index (κ2) is 9.42. The first-order valence-electron chi connectivity index (χ1n) is 8.59. The Balaban J connectivity index is 1.73. The molecule has 0 aliphatic heterocycles. The van der Waals surface area contributed by atoms with E-state index in [9.17, 15) is 0 Å². The van der Waals surface area contributed by atoms with E-state index in [-0.39, 0.29) is 6.10 Å². The SMILES string of the molecule is CN=C(NCCc1nc(C)c(C)s1)NCC(C)Oc1ccccc1C. The van der Waals surface area contributed by atoms with E-state index in [4.69, 9.17) is 4.74 Å². The summed E-state index contributed by atoms with van der Waals surface area (Å²) >= 11 is 1.76. The number of aromatic nitrogens is 1. The first kappa shape index (κ1) is 19.2. The fourth-order valence-electron chi connectivity index (χ4n) is 2.34. The Morgan fingerprint density at radius 2 is 2.00 bits per heavy atom. The summed E-state index contributed by atoms with van der Waals surface area (Å²) < 4.78 is 5.98. The van der Waals surface area contributed by atoms with Gasteiger partial charge in [0.1, 0.15) is 11.9 Å². The van der Waals surface area contributed by atoms with Crippen LogP contribution in [0.3, 0.4) is 0 Å². The lowest BCUT2D eigenvalue weighted by atomic mass is 10.2. The van der Waals surface area contributed by atoms with Gasteiger partial charge in [-0.2, -0.15) is 0 Å². The minimum absolute atomic E-state index is 0.0453. The van der Waals surface area contributed by atoms with Crippen molar-refractivity contribution < 1.29 is 4.74 Å². The average Bonchev–Trinajstić information content (AvgIpc) is 2.91. The number of nitrogens with zero attached hydrogens (tertiary/aromatic N) is 2. The summed E-state index contributed by atoms with van der Waals surface area (Å²) in [6.45, 7) is 9.76. The van der Waals surface area contributed by atoms with Gasteiger partial charge in [-0.3, -0.25) is 4.99 Å². The Bertz CT molecular complexity index is 692. The second-order valence-electron chi connectivity index (χ2n) is 6.07. The standard InChI is InChI=1S/C19H28N4OS/c1-13-8-6-7-9-17(13)24-14(2)12-22-19(20-5)21-11-10-18-23-15(3)16(4)25-18/h6-9,14H,10-12H2,1-5H3,(H2,20,21,22). The summed E-state index contributed by atoms with van der Waals surface area (Å²) in [5.74, 6) is 1.71. The molecule has 0 saturated carbocycles. The van der Waals surface area contributed by atoms with Crippen molar-refractivity contribution in [1.29, 1.82) is 0 Å². The normalized spacial score (nSPS) is 12.8. The number of ether oxygens (including phenoxy) is 1. The maximum Gasteiger partial charge on any atom is 0.191 e. The van der Waals surface area contributed by atoms with Crippen molar-refractivity contribution in [2.24, 2.45) is 4.99 Å². The highest BCUT2D eigenvalue weighted by atomic mass is 32.1. The van der Waals surface area contributed by atoms with Gasteiger partial charge in [-0.05, 0) is 39.3 Å². The predicted octanol–water partition coefficient (Wildman–Crippen LogP) is 3.24. The lowest BCUT2D eigenvalue weighted by Gasteiger charge is -2.18. The topological polar surface area (TPSA) is 58.5 Å². The van der Waals surface area contributed by atoms with Gasteiger partial charge in [0.2, 0.25) is 0 Å². The van der Waals surface area contributed by atoms with Gasteiger partial charge in [-0.25, -0.2) is 4.98 Å². The molecule has 0 aliphatic carbocycles. The molecule has 1 heterocycles. The Hall–Kier alpha value is -2.08. The van der Waals surface area contributed by atoms with Gasteiger partial charge in [-0.15, -0.1) is 11.3 Å². The smallest absolute Gasteiger partial charge is 0.191 e. The summed E-state index contributed by atoms with van der Waals surface area (Å²) in [5.41, 5.74) is 2.27. The number of hydrogen-bond acceptors (Lipinski definition) is 4. The van der Waals surface area contributed by atoms with Gasteiger partial charge in [0.15, 0.2) is 5.96 Å². The summed E-state index contributed by atoms with van der Waals surface area (Å²) in [6, 6.07) is 8.06. The van der Waals surface area contributed by atoms with Crippen LogP contribution in [0.4, 0.5) is 0 Å². The van der Waals surface area contributed by atoms with Crippen LogP contribution in [0.5, 0.6) is 5.75 Å². The molecule has 2 aromatic rings. The molecular formula is C19H28N4OS. The zero-order valence-corrected chi connectivity index (χ0v) is 16.5. The summed E-state index contributed by atoms with van der Waals surface area (Å²) in [7, 11) is 1.78. The number of benzene rings is 1. The largest absolute Gasteiger partial charge is 0.489 e. The number of nitrogens with one attached hydrogen (secondary N) is 2. The van der Waals surface area contributed by atoms with Crippen LogP contribution < -0.4 is 15.4 Å². The number of thiazole rings is 1. The van der Waals surface area contributed by atoms with Crippen molar-refractivity contribution >= 4 is 17.3 Å². The molecule has 0 bridgehead atoms. The Kier molecular flexibility index (Phi) is 7.25. The van der Waals surface area contributed by atoms with Crippen molar-refractivity contribution in [3.8, 4) is 5.75 Å². The molecule has 1 unspecified atom stereocenters. The van der Waals surface area contributed by atoms with Gasteiger partial charge in [0.05, 0.1) is 17.2 Å². The molecule has 0 aliphatic rings. The molecule has 2 N–H and O–H groups in total. The molecule has 0 saturated heterocycles. The molecule has 0 fully saturated rings. The van der Waals surface area contributed by atoms with Gasteiger partial charge in [-0.1, -0.05) is 18.2 Å². The number of aliphatic imine (C=N–C) groups is 1. The fourth-order valence-corrected chi connectivity index (χ4v) is 3.28. The van der Waals surface area contributed by atoms with Crippen LogP contribution in [0.2, 0.25) is 0 Å². The van der Waals surface area contributed by atoms with Crippen LogP contribution >= 0.6 is 11.3 Å². The Morgan fingerprint density at radius 1 is 1.24 bits per heavy atom. The molecule has 1 aromatic carbocycles. The van der Waals surface area contributed by atoms with Crippen LogP contribution in [0.1, 0.15) is 28.1 Å². The summed E-state index contributed by atoms with van der Waals surface area (Å²) in [4.78, 5) is 10.1. The van der Waals surface area contributed by atoms with E-state index in [1.165, 1.54) is 4.88 Å². The third kappa shape index (κ3) is 6.05. The molecular weight excluding hydrogens is 332 g/mol. The van der Waals surface area contributed by atoms with E-state index < -0.39 is 0 Å². The summed E-state index contributed by atoms with van der Waals surface area (Å²) in [6.07, 6.45) is 0.943. The minimum atomic E-state index is 0.0453.